The Bertz CT molecular complexity index is 507. The normalized spacial score (nSPS) is 13.4. The van der Waals surface area contributed by atoms with E-state index in [2.05, 4.69) is 5.32 Å². The largest absolute Gasteiger partial charge is 0.350 e. The summed E-state index contributed by atoms with van der Waals surface area (Å²) in [5.74, 6) is -1.17. The van der Waals surface area contributed by atoms with Crippen molar-refractivity contribution in [2.45, 2.75) is 50.3 Å². The maximum absolute atomic E-state index is 13.9. The zero-order chi connectivity index (χ0) is 14.8. The molecule has 3 nitrogen and oxygen atoms in total. The third-order valence-electron chi connectivity index (χ3n) is 2.38. The minimum atomic E-state index is -1.46. The third-order valence-corrected chi connectivity index (χ3v) is 4.23. The molecule has 0 spiro atoms. The fourth-order valence-electron chi connectivity index (χ4n) is 1.54. The summed E-state index contributed by atoms with van der Waals surface area (Å²) < 4.78 is 25.7. The highest BCUT2D eigenvalue weighted by atomic mass is 32.2. The second-order valence-electron chi connectivity index (χ2n) is 5.62. The van der Waals surface area contributed by atoms with Crippen molar-refractivity contribution in [2.24, 2.45) is 0 Å². The lowest BCUT2D eigenvalue weighted by Crippen LogP contribution is -2.33. The SMILES string of the molecule is CC(C)NC(=O)c1c(F)cccc1S(=O)C(C)(C)C. The first-order chi connectivity index (χ1) is 8.64. The monoisotopic (exact) mass is 285 g/mol. The van der Waals surface area contributed by atoms with Crippen molar-refractivity contribution >= 4 is 16.7 Å². The molecule has 0 aliphatic carbocycles. The molecule has 1 N–H and O–H groups in total. The highest BCUT2D eigenvalue weighted by Crippen LogP contribution is 2.25. The lowest BCUT2D eigenvalue weighted by atomic mass is 10.2. The molecule has 0 bridgehead atoms. The summed E-state index contributed by atoms with van der Waals surface area (Å²) >= 11 is 0. The predicted octanol–water partition coefficient (Wildman–Crippen LogP) is 2.87. The summed E-state index contributed by atoms with van der Waals surface area (Å²) in [5.41, 5.74) is -0.121. The van der Waals surface area contributed by atoms with Gasteiger partial charge in [0.1, 0.15) is 5.82 Å². The maximum atomic E-state index is 13.9. The minimum Gasteiger partial charge on any atom is -0.350 e. The highest BCUT2D eigenvalue weighted by Gasteiger charge is 2.27. The molecule has 0 saturated carbocycles. The van der Waals surface area contributed by atoms with Crippen molar-refractivity contribution in [1.29, 1.82) is 0 Å². The van der Waals surface area contributed by atoms with Crippen LogP contribution in [-0.4, -0.2) is 20.9 Å². The average Bonchev–Trinajstić information content (AvgIpc) is 2.25. The molecular weight excluding hydrogens is 265 g/mol. The van der Waals surface area contributed by atoms with Crippen LogP contribution in [0.1, 0.15) is 45.0 Å². The maximum Gasteiger partial charge on any atom is 0.255 e. The molecule has 106 valence electrons. The van der Waals surface area contributed by atoms with E-state index < -0.39 is 27.3 Å². The molecule has 1 rings (SSSR count). The summed E-state index contributed by atoms with van der Waals surface area (Å²) in [4.78, 5) is 12.3. The topological polar surface area (TPSA) is 46.2 Å². The highest BCUT2D eigenvalue weighted by molar-refractivity contribution is 7.86. The summed E-state index contributed by atoms with van der Waals surface area (Å²) in [5, 5.41) is 2.63. The van der Waals surface area contributed by atoms with Gasteiger partial charge in [0.15, 0.2) is 0 Å². The van der Waals surface area contributed by atoms with Crippen LogP contribution in [0.3, 0.4) is 0 Å². The lowest BCUT2D eigenvalue weighted by Gasteiger charge is -2.20. The third kappa shape index (κ3) is 3.86. The Kier molecular flexibility index (Phi) is 4.85. The summed E-state index contributed by atoms with van der Waals surface area (Å²) in [6.45, 7) is 8.95. The Morgan fingerprint density at radius 1 is 1.32 bits per heavy atom. The summed E-state index contributed by atoms with van der Waals surface area (Å²) in [7, 11) is -1.46. The van der Waals surface area contributed by atoms with E-state index in [9.17, 15) is 13.4 Å². The van der Waals surface area contributed by atoms with Gasteiger partial charge in [0.2, 0.25) is 0 Å². The van der Waals surface area contributed by atoms with Gasteiger partial charge in [-0.2, -0.15) is 0 Å². The van der Waals surface area contributed by atoms with Gasteiger partial charge in [0, 0.05) is 10.8 Å². The van der Waals surface area contributed by atoms with Crippen molar-refractivity contribution in [2.75, 3.05) is 0 Å². The molecule has 1 amide bonds. The van der Waals surface area contributed by atoms with E-state index >= 15 is 0 Å². The van der Waals surface area contributed by atoms with Crippen LogP contribution in [0.5, 0.6) is 0 Å². The second kappa shape index (κ2) is 5.82. The zero-order valence-corrected chi connectivity index (χ0v) is 12.7. The number of carbonyl (C=O) groups excluding carboxylic acids is 1. The van der Waals surface area contributed by atoms with E-state index in [4.69, 9.17) is 0 Å². The van der Waals surface area contributed by atoms with Crippen LogP contribution < -0.4 is 5.32 Å². The minimum absolute atomic E-state index is 0.108. The Hall–Kier alpha value is -1.23. The second-order valence-corrected chi connectivity index (χ2v) is 7.82. The number of benzene rings is 1. The molecule has 1 aromatic carbocycles. The fraction of sp³-hybridized carbons (Fsp3) is 0.500. The molecule has 0 heterocycles. The van der Waals surface area contributed by atoms with Gasteiger partial charge in [-0.3, -0.25) is 9.00 Å². The van der Waals surface area contributed by atoms with E-state index in [1.165, 1.54) is 12.1 Å². The standard InChI is InChI=1S/C14H20FNO2S/c1-9(2)16-13(17)12-10(15)7-6-8-11(12)19(18)14(3,4)5/h6-9H,1-5H3,(H,16,17). The molecule has 1 aromatic rings. The van der Waals surface area contributed by atoms with Gasteiger partial charge in [-0.05, 0) is 46.8 Å². The average molecular weight is 285 g/mol. The number of amides is 1. The first kappa shape index (κ1) is 15.8. The Morgan fingerprint density at radius 2 is 1.89 bits per heavy atom. The smallest absolute Gasteiger partial charge is 0.255 e. The van der Waals surface area contributed by atoms with Crippen molar-refractivity contribution in [3.8, 4) is 0 Å². The molecule has 19 heavy (non-hydrogen) atoms. The van der Waals surface area contributed by atoms with Crippen LogP contribution in [0.2, 0.25) is 0 Å². The van der Waals surface area contributed by atoms with Crippen LogP contribution in [0, 0.1) is 5.82 Å². The number of halogens is 1. The molecule has 0 aliphatic rings. The zero-order valence-electron chi connectivity index (χ0n) is 11.9. The molecule has 0 radical (unpaired) electrons. The molecule has 0 saturated heterocycles. The Labute approximate surface area is 116 Å². The molecule has 0 fully saturated rings. The number of nitrogens with one attached hydrogen (secondary N) is 1. The molecule has 1 atom stereocenters. The molecule has 1 unspecified atom stereocenters. The van der Waals surface area contributed by atoms with E-state index in [0.717, 1.165) is 0 Å². The Morgan fingerprint density at radius 3 is 2.37 bits per heavy atom. The number of hydrogen-bond acceptors (Lipinski definition) is 2. The van der Waals surface area contributed by atoms with Gasteiger partial charge < -0.3 is 5.32 Å². The van der Waals surface area contributed by atoms with Gasteiger partial charge in [-0.25, -0.2) is 4.39 Å². The van der Waals surface area contributed by atoms with E-state index in [1.54, 1.807) is 40.7 Å². The van der Waals surface area contributed by atoms with Crippen LogP contribution >= 0.6 is 0 Å². The van der Waals surface area contributed by atoms with Crippen molar-refractivity contribution in [3.05, 3.63) is 29.6 Å². The van der Waals surface area contributed by atoms with Crippen molar-refractivity contribution in [3.63, 3.8) is 0 Å². The van der Waals surface area contributed by atoms with Gasteiger partial charge in [-0.15, -0.1) is 0 Å². The van der Waals surface area contributed by atoms with E-state index in [-0.39, 0.29) is 16.5 Å². The first-order valence-corrected chi connectivity index (χ1v) is 7.31. The van der Waals surface area contributed by atoms with Gasteiger partial charge in [0.25, 0.3) is 5.91 Å². The lowest BCUT2D eigenvalue weighted by molar-refractivity contribution is 0.0935. The number of carbonyl (C=O) groups is 1. The number of rotatable bonds is 3. The first-order valence-electron chi connectivity index (χ1n) is 6.16. The molecular formula is C14H20FNO2S. The van der Waals surface area contributed by atoms with Gasteiger partial charge >= 0.3 is 0 Å². The van der Waals surface area contributed by atoms with Gasteiger partial charge in [0.05, 0.1) is 21.3 Å². The van der Waals surface area contributed by atoms with Gasteiger partial charge in [-0.1, -0.05) is 6.07 Å². The molecule has 0 aliphatic heterocycles. The quantitative estimate of drug-likeness (QED) is 0.928. The Balaban J connectivity index is 3.31. The van der Waals surface area contributed by atoms with E-state index in [1.807, 2.05) is 0 Å². The van der Waals surface area contributed by atoms with E-state index in [0.29, 0.717) is 0 Å². The fourth-order valence-corrected chi connectivity index (χ4v) is 2.78. The molecule has 5 heteroatoms. The summed E-state index contributed by atoms with van der Waals surface area (Å²) in [6.07, 6.45) is 0. The molecule has 0 aromatic heterocycles. The van der Waals surface area contributed by atoms with Crippen molar-refractivity contribution in [1.82, 2.24) is 5.32 Å². The predicted molar refractivity (Wildman–Crippen MR) is 75.2 cm³/mol. The number of hydrogen-bond donors (Lipinski definition) is 1. The van der Waals surface area contributed by atoms with Crippen LogP contribution in [0.4, 0.5) is 4.39 Å². The summed E-state index contributed by atoms with van der Waals surface area (Å²) in [6, 6.07) is 4.11. The van der Waals surface area contributed by atoms with Crippen molar-refractivity contribution < 1.29 is 13.4 Å². The van der Waals surface area contributed by atoms with Crippen LogP contribution in [0.25, 0.3) is 0 Å². The van der Waals surface area contributed by atoms with Crippen LogP contribution in [0.15, 0.2) is 23.1 Å². The van der Waals surface area contributed by atoms with Crippen LogP contribution in [-0.2, 0) is 10.8 Å².